The average molecular weight is 349 g/mol. The number of unbranched alkanes of at least 4 members (excludes halogenated alkanes) is 1. The molecule has 0 N–H and O–H groups in total. The molecule has 0 aliphatic heterocycles. The lowest BCUT2D eigenvalue weighted by Gasteiger charge is -2.25. The number of allylic oxidation sites excluding steroid dienone is 1. The Morgan fingerprint density at radius 1 is 1.16 bits per heavy atom. The number of nitrogens with zero attached hydrogens (tertiary/aromatic N) is 1. The van der Waals surface area contributed by atoms with Crippen LogP contribution < -0.4 is 4.90 Å². The van der Waals surface area contributed by atoms with E-state index >= 15 is 0 Å². The highest BCUT2D eigenvalue weighted by molar-refractivity contribution is 8.13. The molecule has 1 amide bonds. The molecule has 2 aromatic rings. The third-order valence-electron chi connectivity index (χ3n) is 3.75. The molecule has 3 heteroatoms. The molecular formula is C22H23NOS. The smallest absolute Gasteiger partial charge is 0.286 e. The van der Waals surface area contributed by atoms with E-state index in [0.717, 1.165) is 34.6 Å². The van der Waals surface area contributed by atoms with E-state index in [2.05, 4.69) is 12.5 Å². The van der Waals surface area contributed by atoms with Crippen LogP contribution in [0.25, 0.3) is 5.57 Å². The van der Waals surface area contributed by atoms with E-state index in [4.69, 9.17) is 6.42 Å². The zero-order chi connectivity index (χ0) is 18.1. The zero-order valence-corrected chi connectivity index (χ0v) is 15.4. The standard InChI is InChI=1S/C22H23NOS/c1-4-5-11-16-25-22(24)23(17-19-12-7-6-8-13-19)21-15-10-9-14-20(21)18(2)3/h1,6-10,12-15H,2,5,11,16-17H2,3H3. The Hall–Kier alpha value is -2.44. The van der Waals surface area contributed by atoms with Crippen LogP contribution in [0.3, 0.4) is 0 Å². The number of rotatable bonds is 7. The topological polar surface area (TPSA) is 20.3 Å². The monoisotopic (exact) mass is 349 g/mol. The van der Waals surface area contributed by atoms with Crippen LogP contribution >= 0.6 is 11.8 Å². The molecule has 25 heavy (non-hydrogen) atoms. The number of benzene rings is 2. The summed E-state index contributed by atoms with van der Waals surface area (Å²) >= 11 is 1.32. The lowest BCUT2D eigenvalue weighted by atomic mass is 10.1. The van der Waals surface area contributed by atoms with Crippen LogP contribution in [0, 0.1) is 12.3 Å². The third kappa shape index (κ3) is 5.55. The third-order valence-corrected chi connectivity index (χ3v) is 4.71. The number of carbonyl (C=O) groups excluding carboxylic acids is 1. The molecule has 0 atom stereocenters. The molecule has 0 heterocycles. The summed E-state index contributed by atoms with van der Waals surface area (Å²) in [6.07, 6.45) is 6.82. The van der Waals surface area contributed by atoms with Gasteiger partial charge in [0.1, 0.15) is 0 Å². The number of para-hydroxylation sites is 1. The van der Waals surface area contributed by atoms with Gasteiger partial charge in [0.15, 0.2) is 0 Å². The number of terminal acetylenes is 1. The van der Waals surface area contributed by atoms with Crippen molar-refractivity contribution in [1.82, 2.24) is 0 Å². The number of amides is 1. The molecule has 0 aromatic heterocycles. The second-order valence-corrected chi connectivity index (χ2v) is 6.84. The lowest BCUT2D eigenvalue weighted by molar-refractivity contribution is 0.265. The van der Waals surface area contributed by atoms with Gasteiger partial charge in [-0.25, -0.2) is 0 Å². The maximum atomic E-state index is 12.9. The van der Waals surface area contributed by atoms with Gasteiger partial charge in [0.25, 0.3) is 5.24 Å². The molecule has 0 aliphatic rings. The van der Waals surface area contributed by atoms with Crippen molar-refractivity contribution in [2.45, 2.75) is 26.3 Å². The van der Waals surface area contributed by atoms with Gasteiger partial charge in [0.2, 0.25) is 0 Å². The molecule has 2 aromatic carbocycles. The molecule has 0 spiro atoms. The predicted molar refractivity (Wildman–Crippen MR) is 110 cm³/mol. The van der Waals surface area contributed by atoms with Crippen molar-refractivity contribution in [3.8, 4) is 12.3 Å². The van der Waals surface area contributed by atoms with Gasteiger partial charge in [0.05, 0.1) is 12.2 Å². The molecule has 2 rings (SSSR count). The molecule has 128 valence electrons. The van der Waals surface area contributed by atoms with Crippen LogP contribution in [0.15, 0.2) is 61.2 Å². The number of hydrogen-bond acceptors (Lipinski definition) is 2. The first-order valence-corrected chi connectivity index (χ1v) is 9.28. The molecule has 0 saturated carbocycles. The van der Waals surface area contributed by atoms with Gasteiger partial charge in [-0.05, 0) is 30.5 Å². The molecule has 0 aliphatic carbocycles. The molecular weight excluding hydrogens is 326 g/mol. The molecule has 0 unspecified atom stereocenters. The van der Waals surface area contributed by atoms with Crippen LogP contribution in [-0.4, -0.2) is 11.0 Å². The van der Waals surface area contributed by atoms with E-state index in [1.54, 1.807) is 0 Å². The lowest BCUT2D eigenvalue weighted by Crippen LogP contribution is -2.28. The molecule has 2 nitrogen and oxygen atoms in total. The largest absolute Gasteiger partial charge is 0.298 e. The number of hydrogen-bond donors (Lipinski definition) is 0. The van der Waals surface area contributed by atoms with Gasteiger partial charge in [-0.15, -0.1) is 12.3 Å². The maximum absolute atomic E-state index is 12.9. The first kappa shape index (κ1) is 18.9. The van der Waals surface area contributed by atoms with Gasteiger partial charge in [-0.3, -0.25) is 9.69 Å². The van der Waals surface area contributed by atoms with E-state index in [9.17, 15) is 4.79 Å². The fraction of sp³-hybridized carbons (Fsp3) is 0.227. The summed E-state index contributed by atoms with van der Waals surface area (Å²) in [5, 5.41) is 0.0366. The van der Waals surface area contributed by atoms with Crippen LogP contribution in [0.2, 0.25) is 0 Å². The summed E-state index contributed by atoms with van der Waals surface area (Å²) in [6, 6.07) is 17.9. The summed E-state index contributed by atoms with van der Waals surface area (Å²) in [5.74, 6) is 3.34. The van der Waals surface area contributed by atoms with E-state index < -0.39 is 0 Å². The van der Waals surface area contributed by atoms with Crippen LogP contribution in [0.1, 0.15) is 30.9 Å². The van der Waals surface area contributed by atoms with Crippen LogP contribution in [-0.2, 0) is 6.54 Å². The van der Waals surface area contributed by atoms with E-state index in [1.807, 2.05) is 66.4 Å². The number of thioether (sulfide) groups is 1. The van der Waals surface area contributed by atoms with Crippen molar-refractivity contribution < 1.29 is 4.79 Å². The maximum Gasteiger partial charge on any atom is 0.286 e. The highest BCUT2D eigenvalue weighted by Crippen LogP contribution is 2.30. The molecule has 0 saturated heterocycles. The van der Waals surface area contributed by atoms with Crippen LogP contribution in [0.5, 0.6) is 0 Å². The Balaban J connectivity index is 2.28. The van der Waals surface area contributed by atoms with Gasteiger partial charge in [-0.2, -0.15) is 0 Å². The van der Waals surface area contributed by atoms with Crippen molar-refractivity contribution in [3.05, 3.63) is 72.3 Å². The zero-order valence-electron chi connectivity index (χ0n) is 14.6. The Kier molecular flexibility index (Phi) is 7.37. The summed E-state index contributed by atoms with van der Waals surface area (Å²) in [5.41, 5.74) is 3.93. The van der Waals surface area contributed by atoms with E-state index in [0.29, 0.717) is 13.0 Å². The number of anilines is 1. The highest BCUT2D eigenvalue weighted by Gasteiger charge is 2.19. The first-order valence-electron chi connectivity index (χ1n) is 8.30. The normalized spacial score (nSPS) is 10.1. The number of carbonyl (C=O) groups is 1. The summed E-state index contributed by atoms with van der Waals surface area (Å²) < 4.78 is 0. The molecule has 0 bridgehead atoms. The minimum atomic E-state index is 0.0366. The Labute approximate surface area is 154 Å². The summed E-state index contributed by atoms with van der Waals surface area (Å²) in [7, 11) is 0. The van der Waals surface area contributed by atoms with Gasteiger partial charge in [-0.1, -0.05) is 66.9 Å². The first-order chi connectivity index (χ1) is 12.1. The molecule has 0 radical (unpaired) electrons. The van der Waals surface area contributed by atoms with Crippen molar-refractivity contribution in [2.75, 3.05) is 10.7 Å². The van der Waals surface area contributed by atoms with Crippen LogP contribution in [0.4, 0.5) is 10.5 Å². The predicted octanol–water partition coefficient (Wildman–Crippen LogP) is 5.99. The Morgan fingerprint density at radius 2 is 1.84 bits per heavy atom. The van der Waals surface area contributed by atoms with E-state index in [-0.39, 0.29) is 5.24 Å². The quantitative estimate of drug-likeness (QED) is 0.452. The SMILES string of the molecule is C#CCCCSC(=O)N(Cc1ccccc1)c1ccccc1C(=C)C. The summed E-state index contributed by atoms with van der Waals surface area (Å²) in [6.45, 7) is 6.55. The van der Waals surface area contributed by atoms with E-state index in [1.165, 1.54) is 11.8 Å². The van der Waals surface area contributed by atoms with Crippen molar-refractivity contribution in [3.63, 3.8) is 0 Å². The minimum absolute atomic E-state index is 0.0366. The highest BCUT2D eigenvalue weighted by atomic mass is 32.2. The van der Waals surface area contributed by atoms with Crippen molar-refractivity contribution >= 4 is 28.3 Å². The average Bonchev–Trinajstić information content (AvgIpc) is 2.64. The fourth-order valence-electron chi connectivity index (χ4n) is 2.50. The minimum Gasteiger partial charge on any atom is -0.298 e. The second kappa shape index (κ2) is 9.76. The Morgan fingerprint density at radius 3 is 2.52 bits per heavy atom. The van der Waals surface area contributed by atoms with Gasteiger partial charge >= 0.3 is 0 Å². The summed E-state index contributed by atoms with van der Waals surface area (Å²) in [4.78, 5) is 14.7. The van der Waals surface area contributed by atoms with Gasteiger partial charge < -0.3 is 0 Å². The Bertz CT molecular complexity index is 761. The molecule has 0 fully saturated rings. The van der Waals surface area contributed by atoms with Crippen molar-refractivity contribution in [1.29, 1.82) is 0 Å². The van der Waals surface area contributed by atoms with Gasteiger partial charge in [0, 0.05) is 17.7 Å². The fourth-order valence-corrected chi connectivity index (χ4v) is 3.28. The second-order valence-electron chi connectivity index (χ2n) is 5.79. The van der Waals surface area contributed by atoms with Crippen molar-refractivity contribution in [2.24, 2.45) is 0 Å².